The summed E-state index contributed by atoms with van der Waals surface area (Å²) in [6.07, 6.45) is 1.44. The molecule has 1 aromatic carbocycles. The van der Waals surface area contributed by atoms with E-state index in [2.05, 4.69) is 0 Å². The summed E-state index contributed by atoms with van der Waals surface area (Å²) in [4.78, 5) is 28.5. The fraction of sp³-hybridized carbons (Fsp3) is 0.389. The minimum absolute atomic E-state index is 0.0102. The van der Waals surface area contributed by atoms with E-state index in [9.17, 15) is 14.9 Å². The number of thiophene rings is 1. The zero-order valence-electron chi connectivity index (χ0n) is 14.1. The molecule has 2 aromatic rings. The second kappa shape index (κ2) is 7.65. The Morgan fingerprint density at radius 2 is 2.00 bits per heavy atom. The topological polar surface area (TPSA) is 66.7 Å². The molecule has 1 saturated heterocycles. The lowest BCUT2D eigenvalue weighted by atomic mass is 9.95. The molecule has 0 aliphatic carbocycles. The van der Waals surface area contributed by atoms with Crippen molar-refractivity contribution in [3.8, 4) is 0 Å². The van der Waals surface area contributed by atoms with Gasteiger partial charge in [0.05, 0.1) is 11.5 Å². The number of para-hydroxylation sites is 2. The van der Waals surface area contributed by atoms with E-state index < -0.39 is 0 Å². The highest BCUT2D eigenvalue weighted by Crippen LogP contribution is 2.31. The number of hydrogen-bond donors (Lipinski definition) is 0. The molecule has 7 heteroatoms. The molecule has 1 aliphatic heterocycles. The van der Waals surface area contributed by atoms with Crippen LogP contribution in [0, 0.1) is 16.0 Å². The van der Waals surface area contributed by atoms with Crippen molar-refractivity contribution in [1.82, 2.24) is 4.90 Å². The van der Waals surface area contributed by atoms with E-state index in [1.54, 1.807) is 28.4 Å². The van der Waals surface area contributed by atoms with Gasteiger partial charge in [0.1, 0.15) is 5.69 Å². The number of carbonyl (C=O) groups excluding carboxylic acids is 1. The summed E-state index contributed by atoms with van der Waals surface area (Å²) in [6.45, 7) is 1.96. The molecule has 0 saturated carbocycles. The number of carbonyl (C=O) groups is 1. The fourth-order valence-electron chi connectivity index (χ4n) is 3.28. The highest BCUT2D eigenvalue weighted by atomic mass is 32.1. The average molecular weight is 359 g/mol. The highest BCUT2D eigenvalue weighted by molar-refractivity contribution is 7.09. The molecular weight excluding hydrogens is 338 g/mol. The maximum atomic E-state index is 12.6. The molecule has 1 aromatic heterocycles. The molecule has 132 valence electrons. The van der Waals surface area contributed by atoms with Crippen molar-refractivity contribution >= 4 is 28.6 Å². The first-order valence-electron chi connectivity index (χ1n) is 8.32. The summed E-state index contributed by atoms with van der Waals surface area (Å²) >= 11 is 1.65. The van der Waals surface area contributed by atoms with Crippen LogP contribution in [0.1, 0.15) is 17.7 Å². The highest BCUT2D eigenvalue weighted by Gasteiger charge is 2.29. The smallest absolute Gasteiger partial charge is 0.292 e. The van der Waals surface area contributed by atoms with E-state index in [0.717, 1.165) is 12.8 Å². The molecule has 0 N–H and O–H groups in total. The average Bonchev–Trinajstić information content (AvgIpc) is 3.14. The summed E-state index contributed by atoms with van der Waals surface area (Å²) in [5.74, 6) is 0.152. The Morgan fingerprint density at radius 1 is 1.28 bits per heavy atom. The number of benzene rings is 1. The lowest BCUT2D eigenvalue weighted by Gasteiger charge is -2.34. The largest absolute Gasteiger partial charge is 0.366 e. The molecule has 6 nitrogen and oxygen atoms in total. The standard InChI is InChI=1S/C18H21N3O3S/c1-19(13-15-5-4-12-25-15)18(22)14-8-10-20(11-9-14)16-6-2-3-7-17(16)21(23)24/h2-7,12,14H,8-11,13H2,1H3. The van der Waals surface area contributed by atoms with Gasteiger partial charge in [-0.05, 0) is 30.4 Å². The summed E-state index contributed by atoms with van der Waals surface area (Å²) in [7, 11) is 1.84. The molecule has 0 spiro atoms. The van der Waals surface area contributed by atoms with Gasteiger partial charge in [-0.2, -0.15) is 0 Å². The minimum atomic E-state index is -0.346. The zero-order valence-corrected chi connectivity index (χ0v) is 14.9. The Morgan fingerprint density at radius 3 is 2.64 bits per heavy atom. The van der Waals surface area contributed by atoms with Gasteiger partial charge in [0.15, 0.2) is 0 Å². The van der Waals surface area contributed by atoms with Crippen LogP contribution in [0.15, 0.2) is 41.8 Å². The normalized spacial score (nSPS) is 15.2. The Bertz CT molecular complexity index is 740. The van der Waals surface area contributed by atoms with Gasteiger partial charge in [-0.1, -0.05) is 18.2 Å². The first-order valence-corrected chi connectivity index (χ1v) is 9.20. The lowest BCUT2D eigenvalue weighted by molar-refractivity contribution is -0.384. The second-order valence-corrected chi connectivity index (χ2v) is 7.31. The number of anilines is 1. The van der Waals surface area contributed by atoms with Gasteiger partial charge < -0.3 is 9.80 Å². The third kappa shape index (κ3) is 3.99. The first-order chi connectivity index (χ1) is 12.1. The molecule has 1 amide bonds. The van der Waals surface area contributed by atoms with Crippen LogP contribution in [0.3, 0.4) is 0 Å². The van der Waals surface area contributed by atoms with Crippen LogP contribution >= 0.6 is 11.3 Å². The van der Waals surface area contributed by atoms with E-state index >= 15 is 0 Å². The molecular formula is C18H21N3O3S. The van der Waals surface area contributed by atoms with Crippen LogP contribution in [0.2, 0.25) is 0 Å². The van der Waals surface area contributed by atoms with Crippen LogP contribution in [-0.2, 0) is 11.3 Å². The molecule has 25 heavy (non-hydrogen) atoms. The van der Waals surface area contributed by atoms with E-state index in [0.29, 0.717) is 25.3 Å². The van der Waals surface area contributed by atoms with Gasteiger partial charge in [0.2, 0.25) is 5.91 Å². The van der Waals surface area contributed by atoms with Crippen molar-refractivity contribution in [2.24, 2.45) is 5.92 Å². The van der Waals surface area contributed by atoms with Gasteiger partial charge >= 0.3 is 0 Å². The number of nitro groups is 1. The van der Waals surface area contributed by atoms with Crippen LogP contribution in [-0.4, -0.2) is 35.9 Å². The number of nitro benzene ring substituents is 1. The van der Waals surface area contributed by atoms with Crippen molar-refractivity contribution in [1.29, 1.82) is 0 Å². The molecule has 0 bridgehead atoms. The van der Waals surface area contributed by atoms with E-state index in [-0.39, 0.29) is 22.4 Å². The predicted octanol–water partition coefficient (Wildman–Crippen LogP) is 3.53. The summed E-state index contributed by atoms with van der Waals surface area (Å²) in [5.41, 5.74) is 0.771. The van der Waals surface area contributed by atoms with Crippen molar-refractivity contribution in [2.75, 3.05) is 25.0 Å². The van der Waals surface area contributed by atoms with Crippen LogP contribution in [0.25, 0.3) is 0 Å². The summed E-state index contributed by atoms with van der Waals surface area (Å²) in [6, 6.07) is 10.8. The lowest BCUT2D eigenvalue weighted by Crippen LogP contribution is -2.41. The zero-order chi connectivity index (χ0) is 17.8. The monoisotopic (exact) mass is 359 g/mol. The van der Waals surface area contributed by atoms with Crippen molar-refractivity contribution < 1.29 is 9.72 Å². The number of hydrogen-bond acceptors (Lipinski definition) is 5. The van der Waals surface area contributed by atoms with Crippen molar-refractivity contribution in [2.45, 2.75) is 19.4 Å². The number of rotatable bonds is 5. The SMILES string of the molecule is CN(Cc1cccs1)C(=O)C1CCN(c2ccccc2[N+](=O)[O-])CC1. The molecule has 1 aliphatic rings. The maximum Gasteiger partial charge on any atom is 0.292 e. The molecule has 0 atom stereocenters. The Labute approximate surface area is 150 Å². The quantitative estimate of drug-likeness (QED) is 0.605. The van der Waals surface area contributed by atoms with Crippen LogP contribution in [0.5, 0.6) is 0 Å². The predicted molar refractivity (Wildman–Crippen MR) is 98.8 cm³/mol. The molecule has 2 heterocycles. The number of amides is 1. The maximum absolute atomic E-state index is 12.6. The van der Waals surface area contributed by atoms with Crippen LogP contribution < -0.4 is 4.90 Å². The third-order valence-electron chi connectivity index (χ3n) is 4.61. The summed E-state index contributed by atoms with van der Waals surface area (Å²) in [5, 5.41) is 13.2. The number of nitrogens with zero attached hydrogens (tertiary/aromatic N) is 3. The number of piperidine rings is 1. The first kappa shape index (κ1) is 17.4. The van der Waals surface area contributed by atoms with E-state index in [4.69, 9.17) is 0 Å². The Hall–Kier alpha value is -2.41. The van der Waals surface area contributed by atoms with Gasteiger partial charge in [-0.3, -0.25) is 14.9 Å². The van der Waals surface area contributed by atoms with Crippen molar-refractivity contribution in [3.05, 3.63) is 56.8 Å². The van der Waals surface area contributed by atoms with Gasteiger partial charge in [0, 0.05) is 37.0 Å². The second-order valence-electron chi connectivity index (χ2n) is 6.28. The van der Waals surface area contributed by atoms with Crippen molar-refractivity contribution in [3.63, 3.8) is 0 Å². The molecule has 0 radical (unpaired) electrons. The molecule has 0 unspecified atom stereocenters. The van der Waals surface area contributed by atoms with E-state index in [1.807, 2.05) is 35.5 Å². The Balaban J connectivity index is 1.60. The van der Waals surface area contributed by atoms with Gasteiger partial charge in [-0.15, -0.1) is 11.3 Å². The Kier molecular flexibility index (Phi) is 5.33. The fourth-order valence-corrected chi connectivity index (χ4v) is 4.04. The van der Waals surface area contributed by atoms with Gasteiger partial charge in [0.25, 0.3) is 5.69 Å². The van der Waals surface area contributed by atoms with Crippen LogP contribution in [0.4, 0.5) is 11.4 Å². The van der Waals surface area contributed by atoms with Gasteiger partial charge in [-0.25, -0.2) is 0 Å². The molecule has 1 fully saturated rings. The minimum Gasteiger partial charge on any atom is -0.366 e. The van der Waals surface area contributed by atoms with E-state index in [1.165, 1.54) is 10.9 Å². The third-order valence-corrected chi connectivity index (χ3v) is 5.47. The summed E-state index contributed by atoms with van der Waals surface area (Å²) < 4.78 is 0. The molecule has 3 rings (SSSR count).